The van der Waals surface area contributed by atoms with E-state index < -0.39 is 6.04 Å². The zero-order chi connectivity index (χ0) is 17.2. The van der Waals surface area contributed by atoms with Gasteiger partial charge >= 0.3 is 0 Å². The molecule has 2 aromatic carbocycles. The lowest BCUT2D eigenvalue weighted by molar-refractivity contribution is -0.119. The molecule has 0 bridgehead atoms. The molecule has 0 aliphatic carbocycles. The molecule has 5 nitrogen and oxygen atoms in total. The maximum atomic E-state index is 12.7. The molecule has 1 amide bonds. The largest absolute Gasteiger partial charge is 0.324 e. The summed E-state index contributed by atoms with van der Waals surface area (Å²) in [6.45, 7) is 0. The number of fused-ring (bicyclic) bond motifs is 1. The summed E-state index contributed by atoms with van der Waals surface area (Å²) in [4.78, 5) is 25.0. The van der Waals surface area contributed by atoms with E-state index in [0.29, 0.717) is 18.5 Å². The average Bonchev–Trinajstić information content (AvgIpc) is 2.81. The number of carbonyl (C=O) groups excluding carboxylic acids is 1. The van der Waals surface area contributed by atoms with Crippen molar-refractivity contribution in [3.05, 3.63) is 82.6 Å². The van der Waals surface area contributed by atoms with Crippen molar-refractivity contribution in [3.63, 3.8) is 0 Å². The Labute approximate surface area is 144 Å². The molecule has 1 aliphatic rings. The number of nitrogens with one attached hydrogen (secondary N) is 1. The SMILES string of the molecule is O=C1Nc2ccccc2CC[C@@H]1n1nc(-c2ccccc2)ccc1=O. The maximum Gasteiger partial charge on any atom is 0.267 e. The zero-order valence-electron chi connectivity index (χ0n) is 13.6. The van der Waals surface area contributed by atoms with Gasteiger partial charge in [0, 0.05) is 17.3 Å². The lowest BCUT2D eigenvalue weighted by Crippen LogP contribution is -2.34. The van der Waals surface area contributed by atoms with Crippen LogP contribution in [0, 0.1) is 0 Å². The van der Waals surface area contributed by atoms with Gasteiger partial charge in [-0.3, -0.25) is 9.59 Å². The summed E-state index contributed by atoms with van der Waals surface area (Å²) in [5, 5.41) is 7.38. The standard InChI is InChI=1S/C20H17N3O2/c24-19-13-11-17(14-6-2-1-3-7-14)22-23(19)18-12-10-15-8-4-5-9-16(15)21-20(18)25/h1-9,11,13,18H,10,12H2,(H,21,25)/t18-/m0/s1. The Balaban J connectivity index is 1.72. The van der Waals surface area contributed by atoms with E-state index in [1.54, 1.807) is 6.07 Å². The molecule has 4 rings (SSSR count). The Morgan fingerprint density at radius 2 is 1.68 bits per heavy atom. The average molecular weight is 331 g/mol. The van der Waals surface area contributed by atoms with Gasteiger partial charge in [-0.15, -0.1) is 0 Å². The maximum absolute atomic E-state index is 12.7. The molecule has 0 saturated carbocycles. The fourth-order valence-electron chi connectivity index (χ4n) is 3.14. The zero-order valence-corrected chi connectivity index (χ0v) is 13.6. The summed E-state index contributed by atoms with van der Waals surface area (Å²) in [7, 11) is 0. The molecule has 1 atom stereocenters. The van der Waals surface area contributed by atoms with E-state index in [1.165, 1.54) is 10.7 Å². The Morgan fingerprint density at radius 1 is 0.920 bits per heavy atom. The van der Waals surface area contributed by atoms with E-state index in [2.05, 4.69) is 10.4 Å². The second-order valence-corrected chi connectivity index (χ2v) is 6.07. The lowest BCUT2D eigenvalue weighted by Gasteiger charge is -2.16. The summed E-state index contributed by atoms with van der Waals surface area (Å²) in [6, 6.07) is 19.9. The van der Waals surface area contributed by atoms with Gasteiger partial charge in [0.1, 0.15) is 6.04 Å². The predicted molar refractivity (Wildman–Crippen MR) is 96.4 cm³/mol. The molecular weight excluding hydrogens is 314 g/mol. The molecule has 5 heteroatoms. The third-order valence-electron chi connectivity index (χ3n) is 4.45. The van der Waals surface area contributed by atoms with Crippen molar-refractivity contribution in [2.75, 3.05) is 5.32 Å². The van der Waals surface area contributed by atoms with E-state index in [0.717, 1.165) is 16.8 Å². The van der Waals surface area contributed by atoms with Crippen LogP contribution in [0.15, 0.2) is 71.5 Å². The van der Waals surface area contributed by atoms with Crippen LogP contribution in [0.3, 0.4) is 0 Å². The highest BCUT2D eigenvalue weighted by molar-refractivity contribution is 5.95. The number of nitrogens with zero attached hydrogens (tertiary/aromatic N) is 2. The van der Waals surface area contributed by atoms with Gasteiger partial charge in [0.2, 0.25) is 5.91 Å². The van der Waals surface area contributed by atoms with Gasteiger partial charge in [-0.25, -0.2) is 4.68 Å². The normalized spacial score (nSPS) is 16.6. The van der Waals surface area contributed by atoms with Crippen LogP contribution in [0.25, 0.3) is 11.3 Å². The minimum Gasteiger partial charge on any atom is -0.324 e. The minimum absolute atomic E-state index is 0.204. The molecule has 1 aliphatic heterocycles. The number of para-hydroxylation sites is 1. The highest BCUT2D eigenvalue weighted by Crippen LogP contribution is 2.26. The van der Waals surface area contributed by atoms with Gasteiger partial charge in [-0.05, 0) is 30.5 Å². The van der Waals surface area contributed by atoms with Crippen LogP contribution < -0.4 is 10.9 Å². The van der Waals surface area contributed by atoms with Gasteiger partial charge in [-0.2, -0.15) is 5.10 Å². The molecule has 1 N–H and O–H groups in total. The molecule has 0 saturated heterocycles. The number of hydrogen-bond acceptors (Lipinski definition) is 3. The Hall–Kier alpha value is -3.21. The van der Waals surface area contributed by atoms with Crippen molar-refractivity contribution < 1.29 is 4.79 Å². The van der Waals surface area contributed by atoms with Crippen LogP contribution in [0.4, 0.5) is 5.69 Å². The first-order valence-electron chi connectivity index (χ1n) is 8.26. The third-order valence-corrected chi connectivity index (χ3v) is 4.45. The first-order valence-corrected chi connectivity index (χ1v) is 8.26. The lowest BCUT2D eigenvalue weighted by atomic mass is 10.1. The van der Waals surface area contributed by atoms with Crippen LogP contribution in [0.1, 0.15) is 18.0 Å². The van der Waals surface area contributed by atoms with Crippen LogP contribution in [0.2, 0.25) is 0 Å². The fourth-order valence-corrected chi connectivity index (χ4v) is 3.14. The van der Waals surface area contributed by atoms with E-state index in [1.807, 2.05) is 54.6 Å². The number of aryl methyl sites for hydroxylation is 1. The summed E-state index contributed by atoms with van der Waals surface area (Å²) >= 11 is 0. The van der Waals surface area contributed by atoms with Gasteiger partial charge in [-0.1, -0.05) is 48.5 Å². The van der Waals surface area contributed by atoms with Crippen LogP contribution >= 0.6 is 0 Å². The molecule has 0 radical (unpaired) electrons. The van der Waals surface area contributed by atoms with E-state index in [4.69, 9.17) is 0 Å². The highest BCUT2D eigenvalue weighted by Gasteiger charge is 2.26. The number of aromatic nitrogens is 2. The number of hydrogen-bond donors (Lipinski definition) is 1. The van der Waals surface area contributed by atoms with Gasteiger partial charge in [0.05, 0.1) is 5.69 Å². The molecule has 3 aromatic rings. The van der Waals surface area contributed by atoms with E-state index in [9.17, 15) is 9.59 Å². The summed E-state index contributed by atoms with van der Waals surface area (Å²) in [6.07, 6.45) is 1.25. The predicted octanol–water partition coefficient (Wildman–Crippen LogP) is 3.04. The van der Waals surface area contributed by atoms with Crippen molar-refractivity contribution >= 4 is 11.6 Å². The third kappa shape index (κ3) is 2.96. The smallest absolute Gasteiger partial charge is 0.267 e. The summed E-state index contributed by atoms with van der Waals surface area (Å²) in [5.41, 5.74) is 3.20. The van der Waals surface area contributed by atoms with Crippen molar-refractivity contribution in [1.82, 2.24) is 9.78 Å². The number of amides is 1. The number of anilines is 1. The summed E-state index contributed by atoms with van der Waals surface area (Å²) in [5.74, 6) is -0.204. The molecule has 0 unspecified atom stereocenters. The van der Waals surface area contributed by atoms with E-state index in [-0.39, 0.29) is 11.5 Å². The monoisotopic (exact) mass is 331 g/mol. The van der Waals surface area contributed by atoms with Gasteiger partial charge < -0.3 is 5.32 Å². The number of carbonyl (C=O) groups is 1. The van der Waals surface area contributed by atoms with Crippen molar-refractivity contribution in [3.8, 4) is 11.3 Å². The van der Waals surface area contributed by atoms with Crippen LogP contribution in [-0.4, -0.2) is 15.7 Å². The van der Waals surface area contributed by atoms with Crippen LogP contribution in [-0.2, 0) is 11.2 Å². The first-order chi connectivity index (χ1) is 12.2. The molecule has 124 valence electrons. The van der Waals surface area contributed by atoms with Crippen molar-refractivity contribution in [2.45, 2.75) is 18.9 Å². The Morgan fingerprint density at radius 3 is 2.52 bits per heavy atom. The molecule has 25 heavy (non-hydrogen) atoms. The second-order valence-electron chi connectivity index (χ2n) is 6.07. The van der Waals surface area contributed by atoms with Gasteiger partial charge in [0.25, 0.3) is 5.56 Å². The van der Waals surface area contributed by atoms with Crippen molar-refractivity contribution in [1.29, 1.82) is 0 Å². The van der Waals surface area contributed by atoms with Crippen molar-refractivity contribution in [2.24, 2.45) is 0 Å². The van der Waals surface area contributed by atoms with Crippen LogP contribution in [0.5, 0.6) is 0 Å². The fraction of sp³-hybridized carbons (Fsp3) is 0.150. The number of benzene rings is 2. The van der Waals surface area contributed by atoms with Gasteiger partial charge in [0.15, 0.2) is 0 Å². The second kappa shape index (κ2) is 6.36. The molecule has 0 fully saturated rings. The minimum atomic E-state index is -0.622. The Kier molecular flexibility index (Phi) is 3.90. The molecule has 1 aromatic heterocycles. The number of rotatable bonds is 2. The Bertz CT molecular complexity index is 979. The molecule has 0 spiro atoms. The first kappa shape index (κ1) is 15.3. The van der Waals surface area contributed by atoms with E-state index >= 15 is 0 Å². The highest BCUT2D eigenvalue weighted by atomic mass is 16.2. The quantitative estimate of drug-likeness (QED) is 0.785. The topological polar surface area (TPSA) is 64.0 Å². The molecule has 2 heterocycles. The summed E-state index contributed by atoms with van der Waals surface area (Å²) < 4.78 is 1.31. The molecular formula is C20H17N3O2.